The van der Waals surface area contributed by atoms with E-state index in [9.17, 15) is 4.79 Å². The maximum atomic E-state index is 13.0. The van der Waals surface area contributed by atoms with Crippen LogP contribution in [0.1, 0.15) is 59.3 Å². The maximum Gasteiger partial charge on any atom is 0.142 e. The summed E-state index contributed by atoms with van der Waals surface area (Å²) in [6.45, 7) is 6.89. The summed E-state index contributed by atoms with van der Waals surface area (Å²) in [6, 6.07) is 0. The van der Waals surface area contributed by atoms with E-state index in [0.29, 0.717) is 29.6 Å². The number of hydrogen-bond acceptors (Lipinski definition) is 2. The topological polar surface area (TPSA) is 26.3 Å². The molecule has 2 nitrogen and oxygen atoms in total. The van der Waals surface area contributed by atoms with Gasteiger partial charge in [-0.3, -0.25) is 4.79 Å². The van der Waals surface area contributed by atoms with Crippen molar-refractivity contribution < 1.29 is 9.53 Å². The molecule has 3 rings (SSSR count). The molecule has 0 aliphatic heterocycles. The predicted molar refractivity (Wildman–Crippen MR) is 75.9 cm³/mol. The minimum atomic E-state index is -0.0532. The number of carbonyl (C=O) groups is 1. The minimum absolute atomic E-state index is 0.0532. The Hall–Kier alpha value is -0.370. The Balaban J connectivity index is 1.85. The average Bonchev–Trinajstić information content (AvgIpc) is 2.71. The molecule has 0 saturated heterocycles. The van der Waals surface area contributed by atoms with E-state index in [1.54, 1.807) is 0 Å². The van der Waals surface area contributed by atoms with Gasteiger partial charge in [-0.2, -0.15) is 0 Å². The smallest absolute Gasteiger partial charge is 0.142 e. The number of ether oxygens (including phenoxy) is 1. The zero-order valence-corrected chi connectivity index (χ0v) is 12.9. The summed E-state index contributed by atoms with van der Waals surface area (Å²) in [7, 11) is 1.82. The van der Waals surface area contributed by atoms with E-state index in [0.717, 1.165) is 12.8 Å². The number of ketones is 1. The van der Waals surface area contributed by atoms with Crippen molar-refractivity contribution in [1.82, 2.24) is 0 Å². The lowest BCUT2D eigenvalue weighted by Crippen LogP contribution is -2.37. The highest BCUT2D eigenvalue weighted by Crippen LogP contribution is 2.67. The number of carbonyl (C=O) groups excluding carboxylic acids is 1. The molecule has 0 spiro atoms. The fourth-order valence-corrected chi connectivity index (χ4v) is 5.42. The molecule has 3 fully saturated rings. The van der Waals surface area contributed by atoms with Crippen molar-refractivity contribution in [2.45, 2.75) is 65.4 Å². The van der Waals surface area contributed by atoms with Crippen LogP contribution in [0.5, 0.6) is 0 Å². The van der Waals surface area contributed by atoms with Crippen molar-refractivity contribution in [3.63, 3.8) is 0 Å². The molecule has 5 atom stereocenters. The standard InChI is InChI=1S/C17H28O2/c1-16(2)13-8-9-17(16,3)15(18)14(13)11-6-5-7-12(10-11)19-4/h11-14H,5-10H2,1-4H3/t11-,12+,13?,14?,17?/m1/s1. The van der Waals surface area contributed by atoms with Crippen LogP contribution in [0.3, 0.4) is 0 Å². The first-order valence-electron chi connectivity index (χ1n) is 7.99. The van der Waals surface area contributed by atoms with Crippen LogP contribution in [0.2, 0.25) is 0 Å². The molecule has 2 heteroatoms. The predicted octanol–water partition coefficient (Wildman–Crippen LogP) is 3.83. The molecular formula is C17H28O2. The lowest BCUT2D eigenvalue weighted by molar-refractivity contribution is -0.134. The van der Waals surface area contributed by atoms with Crippen molar-refractivity contribution >= 4 is 5.78 Å². The second-order valence-corrected chi connectivity index (χ2v) is 7.87. The molecule has 0 aromatic rings. The third-order valence-corrected chi connectivity index (χ3v) is 7.09. The van der Waals surface area contributed by atoms with Crippen molar-refractivity contribution in [3.05, 3.63) is 0 Å². The molecule has 3 aliphatic rings. The van der Waals surface area contributed by atoms with Gasteiger partial charge in [-0.1, -0.05) is 27.2 Å². The van der Waals surface area contributed by atoms with Gasteiger partial charge in [-0.15, -0.1) is 0 Å². The van der Waals surface area contributed by atoms with Gasteiger partial charge in [0, 0.05) is 18.4 Å². The van der Waals surface area contributed by atoms with E-state index in [-0.39, 0.29) is 10.8 Å². The third-order valence-electron chi connectivity index (χ3n) is 7.09. The molecule has 0 aromatic carbocycles. The molecule has 19 heavy (non-hydrogen) atoms. The zero-order valence-electron chi connectivity index (χ0n) is 12.9. The van der Waals surface area contributed by atoms with Crippen molar-refractivity contribution in [2.75, 3.05) is 7.11 Å². The quantitative estimate of drug-likeness (QED) is 0.757. The molecule has 0 aromatic heterocycles. The van der Waals surface area contributed by atoms with Gasteiger partial charge < -0.3 is 4.74 Å². The van der Waals surface area contributed by atoms with Crippen molar-refractivity contribution in [3.8, 4) is 0 Å². The Bertz CT molecular complexity index is 387. The van der Waals surface area contributed by atoms with Gasteiger partial charge in [-0.05, 0) is 49.4 Å². The van der Waals surface area contributed by atoms with E-state index < -0.39 is 0 Å². The van der Waals surface area contributed by atoms with Crippen LogP contribution in [0.25, 0.3) is 0 Å². The molecular weight excluding hydrogens is 236 g/mol. The molecule has 108 valence electrons. The maximum absolute atomic E-state index is 13.0. The fraction of sp³-hybridized carbons (Fsp3) is 0.941. The van der Waals surface area contributed by atoms with Gasteiger partial charge in [0.1, 0.15) is 5.78 Å². The largest absolute Gasteiger partial charge is 0.381 e. The summed E-state index contributed by atoms with van der Waals surface area (Å²) in [5, 5.41) is 0. The fourth-order valence-electron chi connectivity index (χ4n) is 5.42. The summed E-state index contributed by atoms with van der Waals surface area (Å²) in [5.74, 6) is 2.10. The minimum Gasteiger partial charge on any atom is -0.381 e. The van der Waals surface area contributed by atoms with Crippen LogP contribution < -0.4 is 0 Å². The normalized spacial score (nSPS) is 48.7. The first kappa shape index (κ1) is 13.6. The summed E-state index contributed by atoms with van der Waals surface area (Å²) in [4.78, 5) is 13.0. The molecule has 0 heterocycles. The van der Waals surface area contributed by atoms with Crippen molar-refractivity contribution in [1.29, 1.82) is 0 Å². The SMILES string of the molecule is CO[C@H]1CCC[C@@H](C2C(=O)C3(C)CCC2C3(C)C)C1. The van der Waals surface area contributed by atoms with Crippen LogP contribution in [0, 0.1) is 28.6 Å². The number of fused-ring (bicyclic) bond motifs is 2. The molecule has 3 saturated carbocycles. The van der Waals surface area contributed by atoms with E-state index in [1.165, 1.54) is 25.7 Å². The van der Waals surface area contributed by atoms with Gasteiger partial charge in [0.15, 0.2) is 0 Å². The Kier molecular flexibility index (Phi) is 3.09. The average molecular weight is 264 g/mol. The Labute approximate surface area is 117 Å². The van der Waals surface area contributed by atoms with E-state index in [1.807, 2.05) is 7.11 Å². The molecule has 3 aliphatic carbocycles. The molecule has 0 radical (unpaired) electrons. The van der Waals surface area contributed by atoms with Crippen LogP contribution in [0.15, 0.2) is 0 Å². The van der Waals surface area contributed by atoms with E-state index in [4.69, 9.17) is 4.74 Å². The van der Waals surface area contributed by atoms with Crippen LogP contribution in [0.4, 0.5) is 0 Å². The first-order valence-corrected chi connectivity index (χ1v) is 7.99. The second kappa shape index (κ2) is 4.31. The second-order valence-electron chi connectivity index (χ2n) is 7.87. The van der Waals surface area contributed by atoms with Crippen LogP contribution in [-0.4, -0.2) is 19.0 Å². The monoisotopic (exact) mass is 264 g/mol. The summed E-state index contributed by atoms with van der Waals surface area (Å²) in [5.41, 5.74) is 0.150. The zero-order chi connectivity index (χ0) is 13.8. The number of methoxy groups -OCH3 is 1. The number of rotatable bonds is 2. The van der Waals surface area contributed by atoms with E-state index in [2.05, 4.69) is 20.8 Å². The Morgan fingerprint density at radius 3 is 2.47 bits per heavy atom. The Morgan fingerprint density at radius 2 is 1.89 bits per heavy atom. The lowest BCUT2D eigenvalue weighted by Gasteiger charge is -2.36. The summed E-state index contributed by atoms with van der Waals surface area (Å²) in [6.07, 6.45) is 7.51. The summed E-state index contributed by atoms with van der Waals surface area (Å²) < 4.78 is 5.56. The molecule has 3 unspecified atom stereocenters. The van der Waals surface area contributed by atoms with Gasteiger partial charge in [0.2, 0.25) is 0 Å². The lowest BCUT2D eigenvalue weighted by atomic mass is 9.69. The van der Waals surface area contributed by atoms with Crippen molar-refractivity contribution in [2.24, 2.45) is 28.6 Å². The molecule has 0 amide bonds. The van der Waals surface area contributed by atoms with Gasteiger partial charge in [0.05, 0.1) is 6.10 Å². The highest BCUT2D eigenvalue weighted by molar-refractivity contribution is 5.91. The highest BCUT2D eigenvalue weighted by Gasteiger charge is 2.67. The molecule has 2 bridgehead atoms. The van der Waals surface area contributed by atoms with E-state index >= 15 is 0 Å². The van der Waals surface area contributed by atoms with Crippen LogP contribution in [-0.2, 0) is 9.53 Å². The number of Topliss-reactive ketones (excluding diaryl/α,β-unsaturated/α-hetero) is 1. The Morgan fingerprint density at radius 1 is 1.16 bits per heavy atom. The van der Waals surface area contributed by atoms with Gasteiger partial charge >= 0.3 is 0 Å². The molecule has 0 N–H and O–H groups in total. The van der Waals surface area contributed by atoms with Crippen LogP contribution >= 0.6 is 0 Å². The number of hydrogen-bond donors (Lipinski definition) is 0. The van der Waals surface area contributed by atoms with Gasteiger partial charge in [-0.25, -0.2) is 0 Å². The highest BCUT2D eigenvalue weighted by atomic mass is 16.5. The summed E-state index contributed by atoms with van der Waals surface area (Å²) >= 11 is 0. The first-order chi connectivity index (χ1) is 8.91. The van der Waals surface area contributed by atoms with Gasteiger partial charge in [0.25, 0.3) is 0 Å². The third kappa shape index (κ3) is 1.68.